The lowest BCUT2D eigenvalue weighted by atomic mass is 10.0. The average molecular weight is 375 g/mol. The fourth-order valence-electron chi connectivity index (χ4n) is 3.56. The Labute approximate surface area is 162 Å². The van der Waals surface area contributed by atoms with Crippen LogP contribution in [0.15, 0.2) is 48.8 Å². The number of hydrogen-bond acceptors (Lipinski definition) is 4. The van der Waals surface area contributed by atoms with Crippen molar-refractivity contribution in [1.82, 2.24) is 20.4 Å². The molecule has 0 spiro atoms. The highest BCUT2D eigenvalue weighted by Gasteiger charge is 2.28. The molecule has 0 fully saturated rings. The standard InChI is InChI=1S/C21H21N5O2/c1-13(27)26-8-7-18-20-15(11-23-25-18)9-16(17(20)12-26)21(28)24-19(10-22)14-5-3-2-4-6-14/h2-9,11,19,25H,10,12,22H2,1H3,(H,24,28)/t19-/m1/s1. The van der Waals surface area contributed by atoms with E-state index in [2.05, 4.69) is 15.5 Å². The van der Waals surface area contributed by atoms with E-state index in [9.17, 15) is 9.59 Å². The molecule has 28 heavy (non-hydrogen) atoms. The smallest absolute Gasteiger partial charge is 0.252 e. The number of aromatic amines is 1. The second-order valence-corrected chi connectivity index (χ2v) is 6.79. The molecule has 1 aliphatic carbocycles. The number of nitrogens with zero attached hydrogens (tertiary/aromatic N) is 2. The Morgan fingerprint density at radius 1 is 1.32 bits per heavy atom. The molecule has 2 amide bonds. The lowest BCUT2D eigenvalue weighted by molar-refractivity contribution is -0.126. The molecular weight excluding hydrogens is 354 g/mol. The van der Waals surface area contributed by atoms with E-state index in [0.717, 1.165) is 27.9 Å². The second kappa shape index (κ2) is 7.28. The number of H-pyrrole nitrogens is 1. The monoisotopic (exact) mass is 375 g/mol. The number of hydrogen-bond donors (Lipinski definition) is 3. The number of carbonyl (C=O) groups is 2. The van der Waals surface area contributed by atoms with Crippen molar-refractivity contribution in [3.63, 3.8) is 0 Å². The third-order valence-corrected chi connectivity index (χ3v) is 5.02. The summed E-state index contributed by atoms with van der Waals surface area (Å²) in [6, 6.07) is 11.2. The van der Waals surface area contributed by atoms with Gasteiger partial charge in [-0.05, 0) is 23.3 Å². The van der Waals surface area contributed by atoms with Gasteiger partial charge in [-0.15, -0.1) is 0 Å². The minimum absolute atomic E-state index is 0.0955. The van der Waals surface area contributed by atoms with Crippen LogP contribution < -0.4 is 11.1 Å². The van der Waals surface area contributed by atoms with Crippen LogP contribution in [0, 0.1) is 0 Å². The first kappa shape index (κ1) is 17.9. The molecule has 1 aromatic carbocycles. The van der Waals surface area contributed by atoms with E-state index in [1.807, 2.05) is 42.5 Å². The third-order valence-electron chi connectivity index (χ3n) is 5.02. The predicted molar refractivity (Wildman–Crippen MR) is 106 cm³/mol. The van der Waals surface area contributed by atoms with Crippen molar-refractivity contribution in [2.45, 2.75) is 19.5 Å². The molecule has 2 aliphatic heterocycles. The van der Waals surface area contributed by atoms with Crippen molar-refractivity contribution in [1.29, 1.82) is 0 Å². The van der Waals surface area contributed by atoms with Gasteiger partial charge in [0.2, 0.25) is 5.91 Å². The van der Waals surface area contributed by atoms with Gasteiger partial charge in [-0.3, -0.25) is 14.7 Å². The van der Waals surface area contributed by atoms with Gasteiger partial charge in [-0.2, -0.15) is 5.10 Å². The lowest BCUT2D eigenvalue weighted by Crippen LogP contribution is -2.34. The molecule has 0 bridgehead atoms. The first-order valence-electron chi connectivity index (χ1n) is 9.08. The first-order chi connectivity index (χ1) is 13.6. The summed E-state index contributed by atoms with van der Waals surface area (Å²) in [7, 11) is 0. The number of carbonyl (C=O) groups excluding carboxylic acids is 2. The van der Waals surface area contributed by atoms with Gasteiger partial charge >= 0.3 is 0 Å². The van der Waals surface area contributed by atoms with Crippen LogP contribution in [0.2, 0.25) is 0 Å². The summed E-state index contributed by atoms with van der Waals surface area (Å²) in [6.45, 7) is 2.11. The lowest BCUT2D eigenvalue weighted by Gasteiger charge is -2.19. The van der Waals surface area contributed by atoms with Crippen molar-refractivity contribution in [3.8, 4) is 11.1 Å². The van der Waals surface area contributed by atoms with E-state index in [4.69, 9.17) is 5.73 Å². The Kier molecular flexibility index (Phi) is 4.67. The van der Waals surface area contributed by atoms with Crippen LogP contribution in [0.3, 0.4) is 0 Å². The molecule has 0 saturated carbocycles. The highest BCUT2D eigenvalue weighted by Crippen LogP contribution is 2.37. The summed E-state index contributed by atoms with van der Waals surface area (Å²) in [5.41, 5.74) is 10.7. The SMILES string of the molecule is CC(=O)N1C=Cc2[nH]ncc3cc(C(=O)N[C@H](CN)c4ccccc4)c(c2-3)C1. The second-order valence-electron chi connectivity index (χ2n) is 6.79. The third kappa shape index (κ3) is 3.16. The van der Waals surface area contributed by atoms with Crippen LogP contribution in [-0.4, -0.2) is 33.5 Å². The van der Waals surface area contributed by atoms with E-state index in [-0.39, 0.29) is 24.4 Å². The van der Waals surface area contributed by atoms with E-state index in [1.54, 1.807) is 17.3 Å². The molecule has 3 aliphatic rings. The summed E-state index contributed by atoms with van der Waals surface area (Å²) in [5, 5.41) is 10.1. The molecule has 2 heterocycles. The molecule has 0 unspecified atom stereocenters. The Morgan fingerprint density at radius 3 is 2.82 bits per heavy atom. The molecule has 4 N–H and O–H groups in total. The maximum absolute atomic E-state index is 13.1. The number of aromatic nitrogens is 2. The zero-order valence-corrected chi connectivity index (χ0v) is 15.5. The Balaban J connectivity index is 1.73. The van der Waals surface area contributed by atoms with E-state index < -0.39 is 0 Å². The van der Waals surface area contributed by atoms with Crippen molar-refractivity contribution >= 4 is 17.9 Å². The molecule has 7 heteroatoms. The van der Waals surface area contributed by atoms with Crippen LogP contribution in [0.1, 0.15) is 40.1 Å². The molecule has 0 radical (unpaired) electrons. The van der Waals surface area contributed by atoms with Crippen molar-refractivity contribution in [2.24, 2.45) is 5.73 Å². The maximum Gasteiger partial charge on any atom is 0.252 e. The Hall–Kier alpha value is -3.45. The number of benzene rings is 1. The van der Waals surface area contributed by atoms with Crippen LogP contribution >= 0.6 is 0 Å². The van der Waals surface area contributed by atoms with E-state index in [1.165, 1.54) is 6.92 Å². The molecule has 0 saturated heterocycles. The van der Waals surface area contributed by atoms with E-state index in [0.29, 0.717) is 12.1 Å². The predicted octanol–water partition coefficient (Wildman–Crippen LogP) is 2.28. The summed E-state index contributed by atoms with van der Waals surface area (Å²) < 4.78 is 0. The molecule has 0 aromatic heterocycles. The summed E-state index contributed by atoms with van der Waals surface area (Å²) in [4.78, 5) is 26.7. The van der Waals surface area contributed by atoms with Crippen LogP contribution in [0.4, 0.5) is 0 Å². The minimum Gasteiger partial charge on any atom is -0.344 e. The van der Waals surface area contributed by atoms with E-state index >= 15 is 0 Å². The highest BCUT2D eigenvalue weighted by molar-refractivity contribution is 6.02. The fraction of sp³-hybridized carbons (Fsp3) is 0.190. The summed E-state index contributed by atoms with van der Waals surface area (Å²) >= 11 is 0. The number of nitrogens with two attached hydrogens (primary N) is 1. The topological polar surface area (TPSA) is 104 Å². The van der Waals surface area contributed by atoms with Gasteiger partial charge in [0.25, 0.3) is 5.91 Å². The number of amides is 2. The molecule has 4 rings (SSSR count). The molecular formula is C21H21N5O2. The van der Waals surface area contributed by atoms with Crippen molar-refractivity contribution < 1.29 is 9.59 Å². The zero-order chi connectivity index (χ0) is 19.7. The van der Waals surface area contributed by atoms with Gasteiger partial charge in [0.05, 0.1) is 24.5 Å². The number of nitrogens with one attached hydrogen (secondary N) is 2. The average Bonchev–Trinajstić information content (AvgIpc) is 2.96. The van der Waals surface area contributed by atoms with Gasteiger partial charge < -0.3 is 16.0 Å². The van der Waals surface area contributed by atoms with Crippen LogP contribution in [-0.2, 0) is 11.3 Å². The van der Waals surface area contributed by atoms with Gasteiger partial charge in [0, 0.05) is 36.4 Å². The molecule has 1 atom stereocenters. The van der Waals surface area contributed by atoms with Gasteiger partial charge in [-0.1, -0.05) is 30.3 Å². The summed E-state index contributed by atoms with van der Waals surface area (Å²) in [6.07, 6.45) is 5.21. The first-order valence-corrected chi connectivity index (χ1v) is 9.08. The molecule has 142 valence electrons. The van der Waals surface area contributed by atoms with Crippen LogP contribution in [0.5, 0.6) is 0 Å². The van der Waals surface area contributed by atoms with Crippen molar-refractivity contribution in [2.75, 3.05) is 6.54 Å². The quantitative estimate of drug-likeness (QED) is 0.651. The maximum atomic E-state index is 13.1. The summed E-state index contributed by atoms with van der Waals surface area (Å²) in [5.74, 6) is -0.316. The van der Waals surface area contributed by atoms with Gasteiger partial charge in [0.15, 0.2) is 0 Å². The minimum atomic E-state index is -0.295. The Morgan fingerprint density at radius 2 is 2.11 bits per heavy atom. The van der Waals surface area contributed by atoms with Crippen molar-refractivity contribution in [3.05, 3.63) is 71.2 Å². The fourth-order valence-corrected chi connectivity index (χ4v) is 3.56. The zero-order valence-electron chi connectivity index (χ0n) is 15.5. The number of rotatable bonds is 4. The van der Waals surface area contributed by atoms with Gasteiger partial charge in [0.1, 0.15) is 0 Å². The Bertz CT molecular complexity index is 1020. The molecule has 1 aromatic rings. The van der Waals surface area contributed by atoms with Crippen LogP contribution in [0.25, 0.3) is 17.2 Å². The largest absolute Gasteiger partial charge is 0.344 e. The normalized spacial score (nSPS) is 14.0. The highest BCUT2D eigenvalue weighted by atomic mass is 16.2. The molecule has 7 nitrogen and oxygen atoms in total. The van der Waals surface area contributed by atoms with Gasteiger partial charge in [-0.25, -0.2) is 0 Å².